The molecule has 0 aromatic carbocycles. The minimum absolute atomic E-state index is 0.0598. The van der Waals surface area contributed by atoms with Gasteiger partial charge < -0.3 is 15.4 Å². The Morgan fingerprint density at radius 2 is 2.53 bits per heavy atom. The number of nitrogens with one attached hydrogen (secondary N) is 2. The normalized spacial score (nSPS) is 20.2. The number of aromatic nitrogens is 1. The zero-order valence-electron chi connectivity index (χ0n) is 11.4. The molecule has 2 rings (SSSR count). The van der Waals surface area contributed by atoms with Gasteiger partial charge in [0.1, 0.15) is 0 Å². The Morgan fingerprint density at radius 1 is 1.68 bits per heavy atom. The van der Waals surface area contributed by atoms with E-state index in [1.165, 1.54) is 0 Å². The lowest BCUT2D eigenvalue weighted by molar-refractivity contribution is 0.0860. The lowest BCUT2D eigenvalue weighted by Gasteiger charge is -2.20. The fourth-order valence-electron chi connectivity index (χ4n) is 2.15. The van der Waals surface area contributed by atoms with E-state index in [0.717, 1.165) is 36.6 Å². The van der Waals surface area contributed by atoms with Gasteiger partial charge in [-0.25, -0.2) is 9.78 Å². The molecule has 1 aliphatic rings. The van der Waals surface area contributed by atoms with Gasteiger partial charge in [0, 0.05) is 30.6 Å². The van der Waals surface area contributed by atoms with E-state index in [0.29, 0.717) is 6.54 Å². The Kier molecular flexibility index (Phi) is 5.15. The lowest BCUT2D eigenvalue weighted by Crippen LogP contribution is -2.46. The maximum Gasteiger partial charge on any atom is 0.315 e. The molecule has 2 amide bonds. The van der Waals surface area contributed by atoms with Crippen molar-refractivity contribution in [1.82, 2.24) is 15.6 Å². The topological polar surface area (TPSA) is 63.2 Å². The molecule has 19 heavy (non-hydrogen) atoms. The van der Waals surface area contributed by atoms with Crippen LogP contribution in [0.1, 0.15) is 30.5 Å². The Labute approximate surface area is 117 Å². The molecule has 0 aliphatic carbocycles. The van der Waals surface area contributed by atoms with Crippen LogP contribution < -0.4 is 10.6 Å². The van der Waals surface area contributed by atoms with Gasteiger partial charge in [0.25, 0.3) is 0 Å². The van der Waals surface area contributed by atoms with Gasteiger partial charge in [0.15, 0.2) is 0 Å². The van der Waals surface area contributed by atoms with Gasteiger partial charge in [0.2, 0.25) is 0 Å². The molecule has 1 fully saturated rings. The van der Waals surface area contributed by atoms with Crippen molar-refractivity contribution in [2.75, 3.05) is 13.2 Å². The van der Waals surface area contributed by atoms with E-state index in [4.69, 9.17) is 4.74 Å². The average molecular weight is 283 g/mol. The summed E-state index contributed by atoms with van der Waals surface area (Å²) in [6.07, 6.45) is 3.05. The number of hydrogen-bond donors (Lipinski definition) is 2. The van der Waals surface area contributed by atoms with Crippen molar-refractivity contribution in [3.63, 3.8) is 0 Å². The first kappa shape index (κ1) is 14.3. The summed E-state index contributed by atoms with van der Waals surface area (Å²) in [7, 11) is 0. The van der Waals surface area contributed by atoms with Crippen LogP contribution in [0.3, 0.4) is 0 Å². The first-order valence-corrected chi connectivity index (χ1v) is 7.60. The van der Waals surface area contributed by atoms with Crippen molar-refractivity contribution >= 4 is 17.4 Å². The van der Waals surface area contributed by atoms with Crippen LogP contribution in [-0.4, -0.2) is 36.3 Å². The molecule has 2 N–H and O–H groups in total. The second kappa shape index (κ2) is 6.86. The summed E-state index contributed by atoms with van der Waals surface area (Å²) >= 11 is 1.63. The van der Waals surface area contributed by atoms with Crippen molar-refractivity contribution in [3.8, 4) is 0 Å². The zero-order valence-corrected chi connectivity index (χ0v) is 12.3. The van der Waals surface area contributed by atoms with Crippen molar-refractivity contribution < 1.29 is 9.53 Å². The third-order valence-electron chi connectivity index (χ3n) is 3.17. The number of amides is 2. The fourth-order valence-corrected chi connectivity index (χ4v) is 2.92. The molecule has 5 nitrogen and oxygen atoms in total. The first-order valence-electron chi connectivity index (χ1n) is 6.72. The highest BCUT2D eigenvalue weighted by molar-refractivity contribution is 7.09. The van der Waals surface area contributed by atoms with Crippen molar-refractivity contribution in [1.29, 1.82) is 0 Å². The molecule has 1 aromatic heterocycles. The maximum atomic E-state index is 11.7. The summed E-state index contributed by atoms with van der Waals surface area (Å²) < 4.78 is 5.54. The largest absolute Gasteiger partial charge is 0.376 e. The molecule has 2 atom stereocenters. The second-order valence-corrected chi connectivity index (χ2v) is 5.82. The number of urea groups is 1. The molecule has 0 saturated carbocycles. The molecule has 6 heteroatoms. The first-order chi connectivity index (χ1) is 9.15. The van der Waals surface area contributed by atoms with Crippen LogP contribution in [0.2, 0.25) is 0 Å². The van der Waals surface area contributed by atoms with E-state index in [9.17, 15) is 4.79 Å². The number of nitrogens with zero attached hydrogens (tertiary/aromatic N) is 1. The Bertz CT molecular complexity index is 416. The van der Waals surface area contributed by atoms with Crippen LogP contribution in [0.25, 0.3) is 0 Å². The van der Waals surface area contributed by atoms with E-state index in [-0.39, 0.29) is 18.2 Å². The summed E-state index contributed by atoms with van der Waals surface area (Å²) in [6.45, 7) is 5.38. The molecule has 106 valence electrons. The average Bonchev–Trinajstić information content (AvgIpc) is 3.00. The van der Waals surface area contributed by atoms with Gasteiger partial charge in [-0.2, -0.15) is 0 Å². The Morgan fingerprint density at radius 3 is 3.16 bits per heavy atom. The smallest absolute Gasteiger partial charge is 0.315 e. The van der Waals surface area contributed by atoms with Gasteiger partial charge in [-0.15, -0.1) is 11.3 Å². The van der Waals surface area contributed by atoms with Crippen LogP contribution in [0.5, 0.6) is 0 Å². The van der Waals surface area contributed by atoms with Crippen molar-refractivity contribution in [2.45, 2.75) is 45.3 Å². The van der Waals surface area contributed by atoms with E-state index in [1.807, 2.05) is 19.2 Å². The molecule has 1 saturated heterocycles. The van der Waals surface area contributed by atoms with Gasteiger partial charge in [-0.05, 0) is 26.7 Å². The van der Waals surface area contributed by atoms with Crippen LogP contribution in [0.4, 0.5) is 4.79 Å². The van der Waals surface area contributed by atoms with Gasteiger partial charge in [0.05, 0.1) is 17.2 Å². The Hall–Kier alpha value is -1.14. The Balaban J connectivity index is 1.64. The van der Waals surface area contributed by atoms with E-state index in [2.05, 4.69) is 15.6 Å². The number of rotatable bonds is 5. The maximum absolute atomic E-state index is 11.7. The third kappa shape index (κ3) is 4.47. The summed E-state index contributed by atoms with van der Waals surface area (Å²) in [5.74, 6) is 0. The van der Waals surface area contributed by atoms with Gasteiger partial charge >= 0.3 is 6.03 Å². The van der Waals surface area contributed by atoms with Crippen LogP contribution >= 0.6 is 11.3 Å². The monoisotopic (exact) mass is 283 g/mol. The van der Waals surface area contributed by atoms with Crippen molar-refractivity contribution in [3.05, 3.63) is 16.1 Å². The lowest BCUT2D eigenvalue weighted by atomic mass is 10.1. The predicted octanol–water partition coefficient (Wildman–Crippen LogP) is 1.86. The molecular formula is C13H21N3O2S. The molecule has 1 aromatic rings. The highest BCUT2D eigenvalue weighted by Crippen LogP contribution is 2.15. The summed E-state index contributed by atoms with van der Waals surface area (Å²) in [4.78, 5) is 16.1. The molecule has 0 spiro atoms. The SMILES string of the molecule is Cc1csc(CCNC(=O)NC(C)C2CCCO2)n1. The quantitative estimate of drug-likeness (QED) is 0.867. The van der Waals surface area contributed by atoms with E-state index < -0.39 is 0 Å². The van der Waals surface area contributed by atoms with Gasteiger partial charge in [-0.3, -0.25) is 0 Å². The standard InChI is InChI=1S/C13H21N3O2S/c1-9-8-19-12(15-9)5-6-14-13(17)16-10(2)11-4-3-7-18-11/h8,10-11H,3-7H2,1-2H3,(H2,14,16,17). The van der Waals surface area contributed by atoms with Gasteiger partial charge in [-0.1, -0.05) is 0 Å². The van der Waals surface area contributed by atoms with E-state index >= 15 is 0 Å². The third-order valence-corrected chi connectivity index (χ3v) is 4.20. The molecular weight excluding hydrogens is 262 g/mol. The summed E-state index contributed by atoms with van der Waals surface area (Å²) in [5, 5.41) is 8.86. The highest BCUT2D eigenvalue weighted by Gasteiger charge is 2.23. The molecule has 2 unspecified atom stereocenters. The minimum atomic E-state index is -0.128. The van der Waals surface area contributed by atoms with E-state index in [1.54, 1.807) is 11.3 Å². The van der Waals surface area contributed by atoms with Crippen LogP contribution in [0, 0.1) is 6.92 Å². The van der Waals surface area contributed by atoms with Crippen LogP contribution in [0.15, 0.2) is 5.38 Å². The second-order valence-electron chi connectivity index (χ2n) is 4.87. The summed E-state index contributed by atoms with van der Waals surface area (Å²) in [6, 6.07) is -0.0686. The number of thiazole rings is 1. The predicted molar refractivity (Wildman–Crippen MR) is 75.5 cm³/mol. The minimum Gasteiger partial charge on any atom is -0.376 e. The number of hydrogen-bond acceptors (Lipinski definition) is 4. The van der Waals surface area contributed by atoms with Crippen LogP contribution in [-0.2, 0) is 11.2 Å². The fraction of sp³-hybridized carbons (Fsp3) is 0.692. The number of ether oxygens (including phenoxy) is 1. The molecule has 0 bridgehead atoms. The summed E-state index contributed by atoms with van der Waals surface area (Å²) in [5.41, 5.74) is 1.04. The highest BCUT2D eigenvalue weighted by atomic mass is 32.1. The zero-order chi connectivity index (χ0) is 13.7. The number of carbonyl (C=O) groups is 1. The number of aryl methyl sites for hydroxylation is 1. The molecule has 1 aliphatic heterocycles. The molecule has 0 radical (unpaired) electrons. The molecule has 2 heterocycles. The van der Waals surface area contributed by atoms with Crippen molar-refractivity contribution in [2.24, 2.45) is 0 Å². The number of carbonyl (C=O) groups excluding carboxylic acids is 1.